The highest BCUT2D eigenvalue weighted by molar-refractivity contribution is 7.89. The van der Waals surface area contributed by atoms with Crippen molar-refractivity contribution in [3.8, 4) is 5.75 Å². The molecular weight excluding hydrogens is 386 g/mol. The summed E-state index contributed by atoms with van der Waals surface area (Å²) in [6.07, 6.45) is 0. The van der Waals surface area contributed by atoms with Gasteiger partial charge in [-0.05, 0) is 30.5 Å². The molecule has 1 aromatic heterocycles. The molecule has 1 fully saturated rings. The van der Waals surface area contributed by atoms with Crippen LogP contribution in [0.1, 0.15) is 16.6 Å². The van der Waals surface area contributed by atoms with Gasteiger partial charge in [0, 0.05) is 44.5 Å². The van der Waals surface area contributed by atoms with E-state index < -0.39 is 10.0 Å². The normalized spacial score (nSPS) is 15.6. The Morgan fingerprint density at radius 3 is 2.63 bits per heavy atom. The Morgan fingerprint density at radius 2 is 1.96 bits per heavy atom. The van der Waals surface area contributed by atoms with E-state index in [1.807, 2.05) is 24.3 Å². The van der Waals surface area contributed by atoms with Crippen LogP contribution in [0, 0.1) is 0 Å². The Bertz CT molecular complexity index is 903. The maximum absolute atomic E-state index is 13.0. The van der Waals surface area contributed by atoms with Crippen molar-refractivity contribution in [2.24, 2.45) is 0 Å². The molecule has 0 atom stereocenters. The minimum Gasteiger partial charge on any atom is -0.497 e. The van der Waals surface area contributed by atoms with E-state index in [0.717, 1.165) is 22.8 Å². The van der Waals surface area contributed by atoms with Gasteiger partial charge in [-0.1, -0.05) is 6.07 Å². The summed E-state index contributed by atoms with van der Waals surface area (Å²) in [6.45, 7) is 4.14. The summed E-state index contributed by atoms with van der Waals surface area (Å²) in [5, 5.41) is 4.31. The summed E-state index contributed by atoms with van der Waals surface area (Å²) >= 11 is 1.15. The summed E-state index contributed by atoms with van der Waals surface area (Å²) < 4.78 is 32.8. The van der Waals surface area contributed by atoms with Gasteiger partial charge in [-0.15, -0.1) is 11.3 Å². The number of benzene rings is 1. The van der Waals surface area contributed by atoms with Crippen LogP contribution in [0.3, 0.4) is 0 Å². The number of anilines is 1. The third-order valence-electron chi connectivity index (χ3n) is 4.45. The molecule has 1 N–H and O–H groups in total. The number of nitrogens with one attached hydrogen (secondary N) is 1. The molecule has 27 heavy (non-hydrogen) atoms. The van der Waals surface area contributed by atoms with Crippen LogP contribution in [-0.2, 0) is 10.0 Å². The molecule has 7 nitrogen and oxygen atoms in total. The molecule has 3 rings (SSSR count). The average molecular weight is 410 g/mol. The molecule has 1 aromatic carbocycles. The lowest BCUT2D eigenvalue weighted by atomic mass is 10.2. The van der Waals surface area contributed by atoms with Crippen LogP contribution in [0.2, 0.25) is 0 Å². The molecule has 1 saturated heterocycles. The van der Waals surface area contributed by atoms with Gasteiger partial charge < -0.3 is 15.0 Å². The number of carbonyl (C=O) groups is 1. The van der Waals surface area contributed by atoms with Crippen LogP contribution in [0.5, 0.6) is 5.75 Å². The monoisotopic (exact) mass is 409 g/mol. The number of hydrogen-bond acceptors (Lipinski definition) is 6. The summed E-state index contributed by atoms with van der Waals surface area (Å²) in [5.41, 5.74) is 1.00. The number of thiophene rings is 1. The standard InChI is InChI=1S/C18H23N3O4S2/c1-3-19-18(22)17-16(7-12-26-17)27(23,24)21-10-8-20(9-11-21)14-5-4-6-15(13-14)25-2/h4-7,12-13H,3,8-11H2,1-2H3,(H,19,22). The van der Waals surface area contributed by atoms with Gasteiger partial charge >= 0.3 is 0 Å². The predicted octanol–water partition coefficient (Wildman–Crippen LogP) is 2.02. The minimum atomic E-state index is -3.70. The zero-order valence-electron chi connectivity index (χ0n) is 15.3. The van der Waals surface area contributed by atoms with E-state index in [9.17, 15) is 13.2 Å². The first-order chi connectivity index (χ1) is 13.0. The summed E-state index contributed by atoms with van der Waals surface area (Å²) in [5.74, 6) is 0.425. The highest BCUT2D eigenvalue weighted by atomic mass is 32.2. The summed E-state index contributed by atoms with van der Waals surface area (Å²) in [7, 11) is -2.08. The van der Waals surface area contributed by atoms with Gasteiger partial charge in [0.25, 0.3) is 5.91 Å². The van der Waals surface area contributed by atoms with Crippen molar-refractivity contribution in [1.82, 2.24) is 9.62 Å². The van der Waals surface area contributed by atoms with Gasteiger partial charge in [-0.3, -0.25) is 4.79 Å². The fraction of sp³-hybridized carbons (Fsp3) is 0.389. The molecule has 0 saturated carbocycles. The quantitative estimate of drug-likeness (QED) is 0.790. The lowest BCUT2D eigenvalue weighted by molar-refractivity contribution is 0.0956. The summed E-state index contributed by atoms with van der Waals surface area (Å²) in [4.78, 5) is 14.6. The second-order valence-corrected chi connectivity index (χ2v) is 8.89. The van der Waals surface area contributed by atoms with Crippen LogP contribution < -0.4 is 15.0 Å². The van der Waals surface area contributed by atoms with E-state index in [4.69, 9.17) is 4.74 Å². The Hall–Kier alpha value is -2.10. The maximum Gasteiger partial charge on any atom is 0.262 e. The Balaban J connectivity index is 1.74. The van der Waals surface area contributed by atoms with Crippen LogP contribution in [-0.4, -0.2) is 58.5 Å². The van der Waals surface area contributed by atoms with E-state index >= 15 is 0 Å². The lowest BCUT2D eigenvalue weighted by Crippen LogP contribution is -2.48. The number of carbonyl (C=O) groups excluding carboxylic acids is 1. The number of nitrogens with zero attached hydrogens (tertiary/aromatic N) is 2. The van der Waals surface area contributed by atoms with Crippen molar-refractivity contribution in [2.75, 3.05) is 44.7 Å². The molecule has 0 unspecified atom stereocenters. The molecule has 0 spiro atoms. The van der Waals surface area contributed by atoms with Crippen LogP contribution in [0.15, 0.2) is 40.6 Å². The Morgan fingerprint density at radius 1 is 1.22 bits per heavy atom. The maximum atomic E-state index is 13.0. The zero-order valence-corrected chi connectivity index (χ0v) is 17.0. The van der Waals surface area contributed by atoms with Crippen LogP contribution >= 0.6 is 11.3 Å². The van der Waals surface area contributed by atoms with Gasteiger partial charge in [0.05, 0.1) is 7.11 Å². The first kappa shape index (κ1) is 19.7. The Kier molecular flexibility index (Phi) is 6.03. The molecule has 146 valence electrons. The van der Waals surface area contributed by atoms with Crippen molar-refractivity contribution in [1.29, 1.82) is 0 Å². The van der Waals surface area contributed by atoms with Crippen molar-refractivity contribution in [3.63, 3.8) is 0 Å². The van der Waals surface area contributed by atoms with E-state index in [0.29, 0.717) is 32.7 Å². The molecule has 1 aliphatic heterocycles. The smallest absolute Gasteiger partial charge is 0.262 e. The molecule has 2 aromatic rings. The fourth-order valence-corrected chi connectivity index (χ4v) is 5.78. The number of hydrogen-bond donors (Lipinski definition) is 1. The highest BCUT2D eigenvalue weighted by Gasteiger charge is 2.32. The fourth-order valence-electron chi connectivity index (χ4n) is 3.04. The molecule has 0 aliphatic carbocycles. The number of methoxy groups -OCH3 is 1. The molecule has 2 heterocycles. The second-order valence-electron chi connectivity index (χ2n) is 6.07. The van der Waals surface area contributed by atoms with Crippen molar-refractivity contribution < 1.29 is 17.9 Å². The number of rotatable bonds is 6. The largest absolute Gasteiger partial charge is 0.497 e. The number of piperazine rings is 1. The van der Waals surface area contributed by atoms with Gasteiger partial charge in [0.15, 0.2) is 0 Å². The molecule has 1 amide bonds. The second kappa shape index (κ2) is 8.28. The molecule has 0 bridgehead atoms. The third-order valence-corrected chi connectivity index (χ3v) is 7.43. The van der Waals surface area contributed by atoms with Gasteiger partial charge in [-0.25, -0.2) is 8.42 Å². The van der Waals surface area contributed by atoms with Crippen molar-refractivity contribution in [2.45, 2.75) is 11.8 Å². The topological polar surface area (TPSA) is 79.0 Å². The SMILES string of the molecule is CCNC(=O)c1sccc1S(=O)(=O)N1CCN(c2cccc(OC)c2)CC1. The third kappa shape index (κ3) is 4.10. The van der Waals surface area contributed by atoms with Gasteiger partial charge in [0.1, 0.15) is 15.5 Å². The predicted molar refractivity (Wildman–Crippen MR) is 106 cm³/mol. The number of sulfonamides is 1. The molecule has 1 aliphatic rings. The summed E-state index contributed by atoms with van der Waals surface area (Å²) in [6, 6.07) is 9.24. The van der Waals surface area contributed by atoms with E-state index in [1.165, 1.54) is 10.4 Å². The van der Waals surface area contributed by atoms with E-state index in [-0.39, 0.29) is 15.7 Å². The zero-order chi connectivity index (χ0) is 19.4. The first-order valence-corrected chi connectivity index (χ1v) is 11.0. The molecular formula is C18H23N3O4S2. The number of ether oxygens (including phenoxy) is 1. The average Bonchev–Trinajstić information content (AvgIpc) is 3.19. The van der Waals surface area contributed by atoms with Crippen LogP contribution in [0.4, 0.5) is 5.69 Å². The van der Waals surface area contributed by atoms with Gasteiger partial charge in [0.2, 0.25) is 10.0 Å². The van der Waals surface area contributed by atoms with Crippen molar-refractivity contribution in [3.05, 3.63) is 40.6 Å². The molecule has 0 radical (unpaired) electrons. The van der Waals surface area contributed by atoms with Crippen molar-refractivity contribution >= 4 is 33.0 Å². The Labute approximate surface area is 163 Å². The first-order valence-electron chi connectivity index (χ1n) is 8.72. The van der Waals surface area contributed by atoms with Crippen LogP contribution in [0.25, 0.3) is 0 Å². The number of amides is 1. The van der Waals surface area contributed by atoms with Gasteiger partial charge in [-0.2, -0.15) is 4.31 Å². The van der Waals surface area contributed by atoms with E-state index in [2.05, 4.69) is 10.2 Å². The molecule has 9 heteroatoms. The van der Waals surface area contributed by atoms with E-state index in [1.54, 1.807) is 19.4 Å². The highest BCUT2D eigenvalue weighted by Crippen LogP contribution is 2.28. The lowest BCUT2D eigenvalue weighted by Gasteiger charge is -2.35. The minimum absolute atomic E-state index is 0.0910.